The Kier molecular flexibility index (Phi) is 4.48. The maximum Gasteiger partial charge on any atom is 0.336 e. The molecule has 0 radical (unpaired) electrons. The molecule has 1 amide bonds. The number of carboxylic acid groups (broad SMARTS) is 1. The molecular weight excluding hydrogens is 328 g/mol. The summed E-state index contributed by atoms with van der Waals surface area (Å²) in [5.41, 5.74) is 3.77. The Morgan fingerprint density at radius 3 is 2.83 bits per heavy atom. The van der Waals surface area contributed by atoms with Crippen LogP contribution in [0.2, 0.25) is 0 Å². The van der Waals surface area contributed by atoms with E-state index < -0.39 is 11.9 Å². The normalized spacial score (nSPS) is 10.8. The van der Waals surface area contributed by atoms with E-state index in [0.717, 1.165) is 10.6 Å². The van der Waals surface area contributed by atoms with Crippen LogP contribution in [0.25, 0.3) is 10.6 Å². The van der Waals surface area contributed by atoms with E-state index in [-0.39, 0.29) is 11.3 Å². The number of thiophene rings is 1. The van der Waals surface area contributed by atoms with Gasteiger partial charge in [-0.25, -0.2) is 10.2 Å². The summed E-state index contributed by atoms with van der Waals surface area (Å²) in [6, 6.07) is 11.8. The highest BCUT2D eigenvalue weighted by Crippen LogP contribution is 2.22. The monoisotopic (exact) mass is 340 g/mol. The van der Waals surface area contributed by atoms with Gasteiger partial charge >= 0.3 is 5.97 Å². The topological polar surface area (TPSA) is 107 Å². The van der Waals surface area contributed by atoms with Crippen molar-refractivity contribution in [2.24, 2.45) is 5.10 Å². The maximum atomic E-state index is 12.0. The highest BCUT2D eigenvalue weighted by atomic mass is 32.1. The summed E-state index contributed by atoms with van der Waals surface area (Å²) >= 11 is 1.53. The van der Waals surface area contributed by atoms with Crippen LogP contribution in [0.4, 0.5) is 0 Å². The number of aromatic carboxylic acids is 1. The Morgan fingerprint density at radius 2 is 2.08 bits per heavy atom. The number of aromatic nitrogens is 2. The number of benzene rings is 1. The van der Waals surface area contributed by atoms with Gasteiger partial charge in [-0.3, -0.25) is 9.89 Å². The first-order valence-electron chi connectivity index (χ1n) is 6.90. The van der Waals surface area contributed by atoms with Crippen LogP contribution in [-0.2, 0) is 0 Å². The van der Waals surface area contributed by atoms with Crippen LogP contribution in [0.5, 0.6) is 0 Å². The van der Waals surface area contributed by atoms with Crippen molar-refractivity contribution in [1.82, 2.24) is 15.6 Å². The standard InChI is InChI=1S/C16H12N4O3S/c21-15(13-8-12(18-19-13)14-6-3-7-24-14)20-17-9-10-4-1-2-5-11(10)16(22)23/h1-9H,(H,18,19)(H,20,21)(H,22,23)/b17-9-. The van der Waals surface area contributed by atoms with E-state index in [9.17, 15) is 9.59 Å². The quantitative estimate of drug-likeness (QED) is 0.490. The number of hydrazone groups is 1. The predicted molar refractivity (Wildman–Crippen MR) is 90.4 cm³/mol. The van der Waals surface area contributed by atoms with Crippen LogP contribution in [0.15, 0.2) is 52.9 Å². The summed E-state index contributed by atoms with van der Waals surface area (Å²) in [6.07, 6.45) is 1.29. The molecule has 0 spiro atoms. The van der Waals surface area contributed by atoms with Crippen molar-refractivity contribution in [2.45, 2.75) is 0 Å². The Morgan fingerprint density at radius 1 is 1.25 bits per heavy atom. The minimum absolute atomic E-state index is 0.107. The number of carboxylic acids is 1. The first-order valence-corrected chi connectivity index (χ1v) is 7.78. The molecule has 0 unspecified atom stereocenters. The smallest absolute Gasteiger partial charge is 0.336 e. The molecule has 0 aliphatic heterocycles. The minimum Gasteiger partial charge on any atom is -0.478 e. The van der Waals surface area contributed by atoms with Gasteiger partial charge in [-0.2, -0.15) is 10.2 Å². The van der Waals surface area contributed by atoms with Gasteiger partial charge in [0.2, 0.25) is 0 Å². The van der Waals surface area contributed by atoms with Crippen molar-refractivity contribution in [3.05, 3.63) is 64.7 Å². The van der Waals surface area contributed by atoms with Crippen molar-refractivity contribution >= 4 is 29.4 Å². The molecule has 0 saturated heterocycles. The average Bonchev–Trinajstić information content (AvgIpc) is 3.26. The van der Waals surface area contributed by atoms with Crippen molar-refractivity contribution in [2.75, 3.05) is 0 Å². The molecule has 0 atom stereocenters. The SMILES string of the molecule is O=C(N/N=C\c1ccccc1C(=O)O)c1cc(-c2cccs2)[nH]n1. The van der Waals surface area contributed by atoms with Crippen molar-refractivity contribution < 1.29 is 14.7 Å². The average molecular weight is 340 g/mol. The van der Waals surface area contributed by atoms with Gasteiger partial charge in [0.1, 0.15) is 0 Å². The van der Waals surface area contributed by atoms with E-state index in [1.165, 1.54) is 23.6 Å². The zero-order valence-corrected chi connectivity index (χ0v) is 13.1. The first kappa shape index (κ1) is 15.6. The molecule has 2 aromatic heterocycles. The molecule has 3 rings (SSSR count). The fourth-order valence-corrected chi connectivity index (χ4v) is 2.71. The number of hydrogen-bond acceptors (Lipinski definition) is 5. The molecule has 24 heavy (non-hydrogen) atoms. The summed E-state index contributed by atoms with van der Waals surface area (Å²) in [6.45, 7) is 0. The number of H-pyrrole nitrogens is 1. The molecule has 2 heterocycles. The molecule has 3 N–H and O–H groups in total. The van der Waals surface area contributed by atoms with E-state index in [4.69, 9.17) is 5.11 Å². The Bertz CT molecular complexity index is 900. The van der Waals surface area contributed by atoms with Gasteiger partial charge < -0.3 is 5.11 Å². The Balaban J connectivity index is 1.69. The lowest BCUT2D eigenvalue weighted by molar-refractivity contribution is 0.0696. The number of carbonyl (C=O) groups excluding carboxylic acids is 1. The van der Waals surface area contributed by atoms with E-state index in [1.54, 1.807) is 24.3 Å². The van der Waals surface area contributed by atoms with Crippen LogP contribution in [-0.4, -0.2) is 33.4 Å². The largest absolute Gasteiger partial charge is 0.478 e. The zero-order valence-electron chi connectivity index (χ0n) is 12.3. The molecule has 0 aliphatic rings. The van der Waals surface area contributed by atoms with Gasteiger partial charge in [0, 0.05) is 5.56 Å². The van der Waals surface area contributed by atoms with Gasteiger partial charge in [0.15, 0.2) is 5.69 Å². The Hall–Kier alpha value is -3.26. The van der Waals surface area contributed by atoms with Gasteiger partial charge in [0.25, 0.3) is 5.91 Å². The summed E-state index contributed by atoms with van der Waals surface area (Å²) in [7, 11) is 0. The van der Waals surface area contributed by atoms with Crippen LogP contribution in [0.1, 0.15) is 26.4 Å². The lowest BCUT2D eigenvalue weighted by Gasteiger charge is -1.99. The summed E-state index contributed by atoms with van der Waals surface area (Å²) < 4.78 is 0. The van der Waals surface area contributed by atoms with Gasteiger partial charge in [0.05, 0.1) is 22.3 Å². The molecular formula is C16H12N4O3S. The van der Waals surface area contributed by atoms with E-state index in [0.29, 0.717) is 5.56 Å². The molecule has 1 aromatic carbocycles. The summed E-state index contributed by atoms with van der Waals surface area (Å²) in [4.78, 5) is 24.1. The third kappa shape index (κ3) is 3.39. The van der Waals surface area contributed by atoms with Crippen LogP contribution in [0.3, 0.4) is 0 Å². The number of carbonyl (C=O) groups is 2. The fourth-order valence-electron chi connectivity index (χ4n) is 2.02. The summed E-state index contributed by atoms with van der Waals surface area (Å²) in [5, 5.41) is 21.5. The molecule has 0 aliphatic carbocycles. The fraction of sp³-hybridized carbons (Fsp3) is 0. The number of aromatic amines is 1. The molecule has 0 fully saturated rings. The molecule has 120 valence electrons. The predicted octanol–water partition coefficient (Wildman–Crippen LogP) is 2.60. The second-order valence-corrected chi connectivity index (χ2v) is 5.68. The summed E-state index contributed by atoms with van der Waals surface area (Å²) in [5.74, 6) is -1.55. The minimum atomic E-state index is -1.06. The van der Waals surface area contributed by atoms with Crippen molar-refractivity contribution in [3.8, 4) is 10.6 Å². The second-order valence-electron chi connectivity index (χ2n) is 4.74. The van der Waals surface area contributed by atoms with E-state index >= 15 is 0 Å². The third-order valence-electron chi connectivity index (χ3n) is 3.16. The van der Waals surface area contributed by atoms with E-state index in [2.05, 4.69) is 20.7 Å². The number of nitrogens with zero attached hydrogens (tertiary/aromatic N) is 2. The molecule has 0 bridgehead atoms. The third-order valence-corrected chi connectivity index (χ3v) is 4.06. The van der Waals surface area contributed by atoms with Crippen LogP contribution in [0, 0.1) is 0 Å². The van der Waals surface area contributed by atoms with Crippen molar-refractivity contribution in [3.63, 3.8) is 0 Å². The molecule has 7 nitrogen and oxygen atoms in total. The number of amides is 1. The first-order chi connectivity index (χ1) is 11.6. The highest BCUT2D eigenvalue weighted by Gasteiger charge is 2.11. The van der Waals surface area contributed by atoms with Crippen molar-refractivity contribution in [1.29, 1.82) is 0 Å². The van der Waals surface area contributed by atoms with Gasteiger partial charge in [-0.1, -0.05) is 24.3 Å². The van der Waals surface area contributed by atoms with Crippen LogP contribution < -0.4 is 5.43 Å². The van der Waals surface area contributed by atoms with Gasteiger partial charge in [-0.05, 0) is 23.6 Å². The Labute approximate surface area is 140 Å². The highest BCUT2D eigenvalue weighted by molar-refractivity contribution is 7.13. The number of hydrogen-bond donors (Lipinski definition) is 3. The lowest BCUT2D eigenvalue weighted by Crippen LogP contribution is -2.18. The zero-order chi connectivity index (χ0) is 16.9. The number of nitrogens with one attached hydrogen (secondary N) is 2. The molecule has 8 heteroatoms. The van der Waals surface area contributed by atoms with Gasteiger partial charge in [-0.15, -0.1) is 11.3 Å². The molecule has 3 aromatic rings. The molecule has 0 saturated carbocycles. The van der Waals surface area contributed by atoms with E-state index in [1.807, 2.05) is 17.5 Å². The second kappa shape index (κ2) is 6.88. The van der Waals surface area contributed by atoms with Crippen LogP contribution >= 0.6 is 11.3 Å². The number of rotatable bonds is 5. The lowest BCUT2D eigenvalue weighted by atomic mass is 10.1. The maximum absolute atomic E-state index is 12.0.